The third-order valence-electron chi connectivity index (χ3n) is 3.07. The lowest BCUT2D eigenvalue weighted by Gasteiger charge is -2.24. The van der Waals surface area contributed by atoms with Gasteiger partial charge in [0.1, 0.15) is 5.82 Å². The Hall–Kier alpha value is -0.830. The zero-order valence-electron chi connectivity index (χ0n) is 9.15. The van der Waals surface area contributed by atoms with Crippen LogP contribution in [0.2, 0.25) is 0 Å². The fourth-order valence-corrected chi connectivity index (χ4v) is 3.91. The summed E-state index contributed by atoms with van der Waals surface area (Å²) in [5, 5.41) is 2.37. The van der Waals surface area contributed by atoms with Crippen molar-refractivity contribution in [3.05, 3.63) is 23.9 Å². The minimum atomic E-state index is 0.579. The van der Waals surface area contributed by atoms with E-state index in [2.05, 4.69) is 23.3 Å². The van der Waals surface area contributed by atoms with E-state index in [1.54, 1.807) is 0 Å². The van der Waals surface area contributed by atoms with Crippen LogP contribution < -0.4 is 5.73 Å². The van der Waals surface area contributed by atoms with Gasteiger partial charge in [-0.1, -0.05) is 11.4 Å². The fourth-order valence-electron chi connectivity index (χ4n) is 2.06. The Morgan fingerprint density at radius 1 is 1.40 bits per heavy atom. The highest BCUT2D eigenvalue weighted by Crippen LogP contribution is 2.34. The molecule has 2 nitrogen and oxygen atoms in total. The maximum absolute atomic E-state index is 5.59. The molecule has 2 N–H and O–H groups in total. The number of hydrogen-bond donors (Lipinski definition) is 1. The minimum absolute atomic E-state index is 0.579. The molecule has 1 aromatic rings. The largest absolute Gasteiger partial charge is 0.384 e. The van der Waals surface area contributed by atoms with Gasteiger partial charge in [-0.3, -0.25) is 0 Å². The van der Waals surface area contributed by atoms with E-state index in [9.17, 15) is 0 Å². The van der Waals surface area contributed by atoms with E-state index >= 15 is 0 Å². The Balaban J connectivity index is 2.04. The first kappa shape index (κ1) is 10.7. The molecule has 0 bridgehead atoms. The molecule has 2 rings (SSSR count). The van der Waals surface area contributed by atoms with Crippen molar-refractivity contribution in [1.29, 1.82) is 0 Å². The second-order valence-corrected chi connectivity index (χ2v) is 6.33. The fraction of sp³-hybridized carbons (Fsp3) is 0.500. The van der Waals surface area contributed by atoms with Crippen molar-refractivity contribution >= 4 is 21.7 Å². The van der Waals surface area contributed by atoms with Gasteiger partial charge in [0.05, 0.1) is 0 Å². The average Bonchev–Trinajstić information content (AvgIpc) is 2.30. The molecule has 3 heteroatoms. The summed E-state index contributed by atoms with van der Waals surface area (Å²) in [6.45, 7) is 2.19. The van der Waals surface area contributed by atoms with E-state index in [-0.39, 0.29) is 0 Å². The molecule has 0 unspecified atom stereocenters. The molecule has 1 aromatic heterocycles. The van der Waals surface area contributed by atoms with Crippen LogP contribution >= 0.6 is 10.5 Å². The second-order valence-electron chi connectivity index (χ2n) is 3.97. The van der Waals surface area contributed by atoms with Gasteiger partial charge in [0.15, 0.2) is 0 Å². The van der Waals surface area contributed by atoms with Crippen LogP contribution in [0.1, 0.15) is 31.2 Å². The molecular formula is C12H18N2S. The lowest BCUT2D eigenvalue weighted by atomic mass is 9.95. The number of hydrogen-bond acceptors (Lipinski definition) is 2. The van der Waals surface area contributed by atoms with Gasteiger partial charge in [0, 0.05) is 6.20 Å². The van der Waals surface area contributed by atoms with Crippen molar-refractivity contribution in [1.82, 2.24) is 4.98 Å². The van der Waals surface area contributed by atoms with Crippen LogP contribution in [0.25, 0.3) is 0 Å². The van der Waals surface area contributed by atoms with E-state index in [0.29, 0.717) is 22.2 Å². The molecule has 0 atom stereocenters. The summed E-state index contributed by atoms with van der Waals surface area (Å²) in [4.78, 5) is 4.17. The Bertz CT molecular complexity index is 346. The molecule has 0 aliphatic carbocycles. The Morgan fingerprint density at radius 3 is 2.67 bits per heavy atom. The van der Waals surface area contributed by atoms with Crippen molar-refractivity contribution in [3.63, 3.8) is 0 Å². The van der Waals surface area contributed by atoms with Crippen molar-refractivity contribution in [2.75, 3.05) is 17.2 Å². The first-order valence-corrected chi connectivity index (χ1v) is 7.09. The van der Waals surface area contributed by atoms with Crippen LogP contribution in [0.4, 0.5) is 5.82 Å². The van der Waals surface area contributed by atoms with Gasteiger partial charge in [-0.15, -0.1) is 0 Å². The molecule has 15 heavy (non-hydrogen) atoms. The van der Waals surface area contributed by atoms with Gasteiger partial charge in [-0.2, -0.15) is 10.5 Å². The lowest BCUT2D eigenvalue weighted by Crippen LogP contribution is -2.10. The standard InChI is InChI=1S/C12H18N2S/c1-2-15-7-5-10(6-8-15)11-3-4-12(13)14-9-11/h2-4,9-10H,5-8H2,1H3,(H2,13,14). The van der Waals surface area contributed by atoms with Crippen molar-refractivity contribution in [3.8, 4) is 0 Å². The van der Waals surface area contributed by atoms with E-state index in [0.717, 1.165) is 0 Å². The summed E-state index contributed by atoms with van der Waals surface area (Å²) >= 11 is 0. The van der Waals surface area contributed by atoms with Crippen LogP contribution in [0.5, 0.6) is 0 Å². The summed E-state index contributed by atoms with van der Waals surface area (Å²) in [6, 6.07) is 4.04. The maximum atomic E-state index is 5.59. The highest BCUT2D eigenvalue weighted by atomic mass is 32.2. The number of rotatable bonds is 1. The summed E-state index contributed by atoms with van der Waals surface area (Å²) in [5.41, 5.74) is 6.95. The van der Waals surface area contributed by atoms with E-state index < -0.39 is 0 Å². The normalized spacial score (nSPS) is 26.2. The SMILES string of the molecule is CC=S1CCC(c2ccc(N)nc2)CC1. The average molecular weight is 222 g/mol. The maximum Gasteiger partial charge on any atom is 0.123 e. The second kappa shape index (κ2) is 4.79. The van der Waals surface area contributed by atoms with E-state index in [1.165, 1.54) is 29.9 Å². The highest BCUT2D eigenvalue weighted by Gasteiger charge is 2.17. The van der Waals surface area contributed by atoms with Gasteiger partial charge in [0.2, 0.25) is 0 Å². The zero-order valence-corrected chi connectivity index (χ0v) is 9.96. The van der Waals surface area contributed by atoms with E-state index in [1.807, 2.05) is 12.3 Å². The molecule has 1 aliphatic rings. The quantitative estimate of drug-likeness (QED) is 0.742. The highest BCUT2D eigenvalue weighted by molar-refractivity contribution is 8.14. The van der Waals surface area contributed by atoms with Gasteiger partial charge in [-0.25, -0.2) is 4.98 Å². The number of pyridine rings is 1. The Morgan fingerprint density at radius 2 is 2.13 bits per heavy atom. The van der Waals surface area contributed by atoms with Crippen LogP contribution in [-0.4, -0.2) is 21.9 Å². The number of aromatic nitrogens is 1. The topological polar surface area (TPSA) is 38.9 Å². The molecule has 0 aromatic carbocycles. The van der Waals surface area contributed by atoms with Crippen molar-refractivity contribution in [2.45, 2.75) is 25.7 Å². The molecular weight excluding hydrogens is 204 g/mol. The Kier molecular flexibility index (Phi) is 3.41. The van der Waals surface area contributed by atoms with Gasteiger partial charge >= 0.3 is 0 Å². The summed E-state index contributed by atoms with van der Waals surface area (Å²) in [6.07, 6.45) is 4.55. The third-order valence-corrected chi connectivity index (χ3v) is 5.26. The lowest BCUT2D eigenvalue weighted by molar-refractivity contribution is 0.634. The summed E-state index contributed by atoms with van der Waals surface area (Å²) in [5.74, 6) is 4.04. The number of nitrogen functional groups attached to an aromatic ring is 1. The summed E-state index contributed by atoms with van der Waals surface area (Å²) in [7, 11) is 0.579. The first-order chi connectivity index (χ1) is 7.29. The van der Waals surface area contributed by atoms with Gasteiger partial charge in [-0.05, 0) is 48.8 Å². The minimum Gasteiger partial charge on any atom is -0.384 e. The molecule has 2 heterocycles. The van der Waals surface area contributed by atoms with E-state index in [4.69, 9.17) is 5.73 Å². The smallest absolute Gasteiger partial charge is 0.123 e. The Labute approximate surface area is 93.8 Å². The van der Waals surface area contributed by atoms with Crippen LogP contribution in [-0.2, 0) is 0 Å². The monoisotopic (exact) mass is 222 g/mol. The van der Waals surface area contributed by atoms with Gasteiger partial charge < -0.3 is 5.73 Å². The molecule has 0 amide bonds. The van der Waals surface area contributed by atoms with Crippen LogP contribution in [0, 0.1) is 0 Å². The molecule has 1 saturated heterocycles. The number of nitrogens with two attached hydrogens (primary N) is 1. The zero-order chi connectivity index (χ0) is 10.7. The number of anilines is 1. The number of nitrogens with zero attached hydrogens (tertiary/aromatic N) is 1. The van der Waals surface area contributed by atoms with Crippen molar-refractivity contribution < 1.29 is 0 Å². The van der Waals surface area contributed by atoms with Crippen LogP contribution in [0.15, 0.2) is 18.3 Å². The predicted octanol–water partition coefficient (Wildman–Crippen LogP) is 2.63. The molecule has 0 radical (unpaired) electrons. The molecule has 0 saturated carbocycles. The molecule has 0 spiro atoms. The van der Waals surface area contributed by atoms with Crippen LogP contribution in [0.3, 0.4) is 0 Å². The van der Waals surface area contributed by atoms with Crippen molar-refractivity contribution in [2.24, 2.45) is 0 Å². The predicted molar refractivity (Wildman–Crippen MR) is 69.7 cm³/mol. The first-order valence-electron chi connectivity index (χ1n) is 5.47. The third kappa shape index (κ3) is 2.59. The summed E-state index contributed by atoms with van der Waals surface area (Å²) < 4.78 is 0. The van der Waals surface area contributed by atoms with Gasteiger partial charge in [0.25, 0.3) is 0 Å². The molecule has 1 aliphatic heterocycles. The molecule has 82 valence electrons. The molecule has 1 fully saturated rings.